The zero-order valence-corrected chi connectivity index (χ0v) is 10.5. The predicted octanol–water partition coefficient (Wildman–Crippen LogP) is 2.53. The summed E-state index contributed by atoms with van der Waals surface area (Å²) in [5.41, 5.74) is -4.43. The molecule has 0 saturated heterocycles. The van der Waals surface area contributed by atoms with Crippen molar-refractivity contribution in [1.82, 2.24) is 0 Å². The molecule has 0 aliphatic carbocycles. The molecule has 0 spiro atoms. The van der Waals surface area contributed by atoms with E-state index in [4.69, 9.17) is 10.0 Å². The second-order valence-corrected chi connectivity index (χ2v) is 4.55. The fourth-order valence-corrected chi connectivity index (χ4v) is 1.93. The Kier molecular flexibility index (Phi) is 4.45. The minimum atomic E-state index is -5.02. The molecule has 0 heterocycles. The lowest BCUT2D eigenvalue weighted by molar-refractivity contribution is -0.143. The van der Waals surface area contributed by atoms with Gasteiger partial charge in [-0.25, -0.2) is 0 Å². The van der Waals surface area contributed by atoms with Gasteiger partial charge >= 0.3 is 19.5 Å². The van der Waals surface area contributed by atoms with Crippen molar-refractivity contribution in [3.63, 3.8) is 0 Å². The van der Waals surface area contributed by atoms with Crippen LogP contribution in [-0.4, -0.2) is 17.2 Å². The molecule has 0 fully saturated rings. The van der Waals surface area contributed by atoms with Gasteiger partial charge in [0.05, 0.1) is 11.1 Å². The van der Waals surface area contributed by atoms with Crippen LogP contribution < -0.4 is 5.46 Å². The van der Waals surface area contributed by atoms with E-state index in [9.17, 15) is 26.3 Å². The molecule has 0 atom stereocenters. The molecule has 0 saturated carbocycles. The Labute approximate surface area is 111 Å². The maximum atomic E-state index is 12.9. The van der Waals surface area contributed by atoms with E-state index >= 15 is 0 Å². The molecule has 1 rings (SSSR count). The van der Waals surface area contributed by atoms with Crippen LogP contribution in [0.5, 0.6) is 0 Å². The van der Waals surface area contributed by atoms with Crippen LogP contribution in [0.25, 0.3) is 0 Å². The van der Waals surface area contributed by atoms with Gasteiger partial charge in [0.25, 0.3) is 0 Å². The maximum Gasteiger partial charge on any atom is 0.488 e. The van der Waals surface area contributed by atoms with Crippen molar-refractivity contribution in [2.24, 2.45) is 0 Å². The number of halogens is 6. The summed E-state index contributed by atoms with van der Waals surface area (Å²) in [6, 6.07) is 0.316. The van der Waals surface area contributed by atoms with Crippen molar-refractivity contribution in [3.8, 4) is 0 Å². The van der Waals surface area contributed by atoms with Crippen molar-refractivity contribution in [2.75, 3.05) is 0 Å². The average Bonchev–Trinajstić information content (AvgIpc) is 2.24. The first kappa shape index (κ1) is 16.8. The van der Waals surface area contributed by atoms with Gasteiger partial charge in [-0.1, -0.05) is 13.8 Å². The van der Waals surface area contributed by atoms with E-state index in [1.54, 1.807) is 0 Å². The van der Waals surface area contributed by atoms with Gasteiger partial charge in [-0.3, -0.25) is 0 Å². The molecule has 1 aromatic carbocycles. The van der Waals surface area contributed by atoms with Crippen molar-refractivity contribution in [3.05, 3.63) is 28.8 Å². The molecule has 0 bridgehead atoms. The highest BCUT2D eigenvalue weighted by atomic mass is 19.4. The fourth-order valence-electron chi connectivity index (χ4n) is 1.93. The third kappa shape index (κ3) is 3.46. The number of hydrogen-bond donors (Lipinski definition) is 2. The summed E-state index contributed by atoms with van der Waals surface area (Å²) in [7, 11) is -2.42. The van der Waals surface area contributed by atoms with Crippen LogP contribution in [0.4, 0.5) is 26.3 Å². The Bertz CT molecular complexity index is 493. The Morgan fingerprint density at radius 3 is 1.75 bits per heavy atom. The molecule has 0 aliphatic rings. The Morgan fingerprint density at radius 2 is 1.45 bits per heavy atom. The second kappa shape index (κ2) is 5.29. The van der Waals surface area contributed by atoms with Crippen LogP contribution in [0.2, 0.25) is 0 Å². The average molecular weight is 300 g/mol. The summed E-state index contributed by atoms with van der Waals surface area (Å²) in [5, 5.41) is 18.1. The van der Waals surface area contributed by atoms with Crippen LogP contribution in [0.1, 0.15) is 36.5 Å². The van der Waals surface area contributed by atoms with Gasteiger partial charge < -0.3 is 10.0 Å². The minimum Gasteiger partial charge on any atom is -0.423 e. The monoisotopic (exact) mass is 300 g/mol. The third-order valence-corrected chi connectivity index (χ3v) is 2.70. The van der Waals surface area contributed by atoms with Gasteiger partial charge in [-0.15, -0.1) is 0 Å². The SMILES string of the molecule is CC(C)c1c(B(O)O)cc(C(F)(F)F)cc1C(F)(F)F. The number of hydrogen-bond acceptors (Lipinski definition) is 2. The molecular formula is C11H11BF6O2. The van der Waals surface area contributed by atoms with Crippen LogP contribution in [0.3, 0.4) is 0 Å². The van der Waals surface area contributed by atoms with Crippen LogP contribution in [0.15, 0.2) is 12.1 Å². The highest BCUT2D eigenvalue weighted by Gasteiger charge is 2.41. The van der Waals surface area contributed by atoms with Gasteiger partial charge in [0.2, 0.25) is 0 Å². The lowest BCUT2D eigenvalue weighted by Gasteiger charge is -2.22. The molecule has 9 heteroatoms. The van der Waals surface area contributed by atoms with E-state index in [1.807, 2.05) is 0 Å². The summed E-state index contributed by atoms with van der Waals surface area (Å²) in [5.74, 6) is -0.828. The summed E-state index contributed by atoms with van der Waals surface area (Å²) < 4.78 is 76.5. The summed E-state index contributed by atoms with van der Waals surface area (Å²) in [6.45, 7) is 2.65. The second-order valence-electron chi connectivity index (χ2n) is 4.55. The van der Waals surface area contributed by atoms with Crippen molar-refractivity contribution >= 4 is 12.6 Å². The molecule has 0 amide bonds. The molecule has 2 nitrogen and oxygen atoms in total. The highest BCUT2D eigenvalue weighted by Crippen LogP contribution is 2.38. The maximum absolute atomic E-state index is 12.9. The normalized spacial score (nSPS) is 12.9. The first-order chi connectivity index (χ1) is 8.85. The van der Waals surface area contributed by atoms with Crippen molar-refractivity contribution in [2.45, 2.75) is 32.1 Å². The molecule has 2 N–H and O–H groups in total. The summed E-state index contributed by atoms with van der Waals surface area (Å²) >= 11 is 0. The molecule has 0 unspecified atom stereocenters. The molecule has 0 aromatic heterocycles. The van der Waals surface area contributed by atoms with Crippen molar-refractivity contribution in [1.29, 1.82) is 0 Å². The van der Waals surface area contributed by atoms with E-state index in [2.05, 4.69) is 0 Å². The van der Waals surface area contributed by atoms with Gasteiger partial charge in [0.1, 0.15) is 0 Å². The van der Waals surface area contributed by atoms with E-state index in [0.717, 1.165) is 0 Å². The van der Waals surface area contributed by atoms with E-state index in [1.165, 1.54) is 13.8 Å². The molecule has 112 valence electrons. The Balaban J connectivity index is 3.74. The zero-order chi connectivity index (χ0) is 15.9. The number of alkyl halides is 6. The Hall–Kier alpha value is -1.22. The first-order valence-corrected chi connectivity index (χ1v) is 5.54. The molecule has 0 radical (unpaired) electrons. The summed E-state index contributed by atoms with van der Waals surface area (Å²) in [6.07, 6.45) is -10.0. The predicted molar refractivity (Wildman–Crippen MR) is 60.4 cm³/mol. The van der Waals surface area contributed by atoms with Crippen LogP contribution in [0, 0.1) is 0 Å². The van der Waals surface area contributed by atoms with Gasteiger partial charge in [-0.2, -0.15) is 26.3 Å². The standard InChI is InChI=1S/C11H11BF6O2/c1-5(2)9-7(11(16,17)18)3-6(10(13,14)15)4-8(9)12(19)20/h3-5,19-20H,1-2H3. The zero-order valence-electron chi connectivity index (χ0n) is 10.5. The highest BCUT2D eigenvalue weighted by molar-refractivity contribution is 6.59. The van der Waals surface area contributed by atoms with Crippen LogP contribution >= 0.6 is 0 Å². The quantitative estimate of drug-likeness (QED) is 0.651. The molecule has 1 aromatic rings. The molecule has 20 heavy (non-hydrogen) atoms. The lowest BCUT2D eigenvalue weighted by atomic mass is 9.72. The summed E-state index contributed by atoms with van der Waals surface area (Å²) in [4.78, 5) is 0. The minimum absolute atomic E-state index is 0.0127. The van der Waals surface area contributed by atoms with E-state index in [-0.39, 0.29) is 6.07 Å². The van der Waals surface area contributed by atoms with Gasteiger partial charge in [0, 0.05) is 0 Å². The molecular weight excluding hydrogens is 289 g/mol. The smallest absolute Gasteiger partial charge is 0.423 e. The van der Waals surface area contributed by atoms with E-state index in [0.29, 0.717) is 6.07 Å². The Morgan fingerprint density at radius 1 is 0.950 bits per heavy atom. The number of benzene rings is 1. The number of rotatable bonds is 2. The van der Waals surface area contributed by atoms with Gasteiger partial charge in [0.15, 0.2) is 0 Å². The molecule has 0 aliphatic heterocycles. The van der Waals surface area contributed by atoms with Crippen molar-refractivity contribution < 1.29 is 36.4 Å². The largest absolute Gasteiger partial charge is 0.488 e. The van der Waals surface area contributed by atoms with Crippen LogP contribution in [-0.2, 0) is 12.4 Å². The topological polar surface area (TPSA) is 40.5 Å². The fraction of sp³-hybridized carbons (Fsp3) is 0.455. The lowest BCUT2D eigenvalue weighted by Crippen LogP contribution is -2.37. The van der Waals surface area contributed by atoms with E-state index < -0.39 is 47.5 Å². The third-order valence-electron chi connectivity index (χ3n) is 2.70. The van der Waals surface area contributed by atoms with Gasteiger partial charge in [-0.05, 0) is 29.1 Å². The first-order valence-electron chi connectivity index (χ1n) is 5.54.